The molecule has 2 N–H and O–H groups in total. The average molecular weight is 321 g/mol. The van der Waals surface area contributed by atoms with Crippen LogP contribution in [0.5, 0.6) is 0 Å². The standard InChI is InChI=1S/C15H17BrN2O/c16-14-9-11(10-5-1-2-6-12(10)18-14)15(19)13-7-3-4-8-17-13/h1-2,5-6,9,13,15,17,19H,3-4,7-8H2/t13-,15-/m1/s1. The number of pyridine rings is 1. The Labute approximate surface area is 121 Å². The third kappa shape index (κ3) is 2.66. The summed E-state index contributed by atoms with van der Waals surface area (Å²) in [6.07, 6.45) is 2.92. The lowest BCUT2D eigenvalue weighted by Gasteiger charge is -2.28. The van der Waals surface area contributed by atoms with Crippen molar-refractivity contribution in [1.82, 2.24) is 10.3 Å². The third-order valence-corrected chi connectivity index (χ3v) is 4.17. The zero-order chi connectivity index (χ0) is 13.2. The molecule has 0 radical (unpaired) electrons. The van der Waals surface area contributed by atoms with E-state index in [0.29, 0.717) is 0 Å². The van der Waals surface area contributed by atoms with Crippen LogP contribution in [0, 0.1) is 0 Å². The summed E-state index contributed by atoms with van der Waals surface area (Å²) in [5.74, 6) is 0. The van der Waals surface area contributed by atoms with E-state index in [9.17, 15) is 5.11 Å². The predicted molar refractivity (Wildman–Crippen MR) is 80.0 cm³/mol. The fraction of sp³-hybridized carbons (Fsp3) is 0.400. The molecule has 0 spiro atoms. The second-order valence-electron chi connectivity index (χ2n) is 5.05. The van der Waals surface area contributed by atoms with Crippen LogP contribution in [0.2, 0.25) is 0 Å². The van der Waals surface area contributed by atoms with E-state index in [-0.39, 0.29) is 6.04 Å². The van der Waals surface area contributed by atoms with E-state index in [2.05, 4.69) is 26.2 Å². The van der Waals surface area contributed by atoms with Crippen molar-refractivity contribution in [3.8, 4) is 0 Å². The molecule has 100 valence electrons. The summed E-state index contributed by atoms with van der Waals surface area (Å²) in [6, 6.07) is 10.0. The van der Waals surface area contributed by atoms with Crippen LogP contribution in [0.3, 0.4) is 0 Å². The maximum absolute atomic E-state index is 10.7. The molecular weight excluding hydrogens is 304 g/mol. The van der Waals surface area contributed by atoms with Gasteiger partial charge >= 0.3 is 0 Å². The monoisotopic (exact) mass is 320 g/mol. The first-order chi connectivity index (χ1) is 9.25. The van der Waals surface area contributed by atoms with Crippen molar-refractivity contribution in [2.24, 2.45) is 0 Å². The van der Waals surface area contributed by atoms with E-state index in [4.69, 9.17) is 0 Å². The van der Waals surface area contributed by atoms with Crippen molar-refractivity contribution in [3.63, 3.8) is 0 Å². The van der Waals surface area contributed by atoms with Gasteiger partial charge in [-0.3, -0.25) is 0 Å². The molecule has 0 saturated carbocycles. The molecule has 0 amide bonds. The van der Waals surface area contributed by atoms with Crippen LogP contribution in [0.25, 0.3) is 10.9 Å². The van der Waals surface area contributed by atoms with Crippen LogP contribution in [0.15, 0.2) is 34.9 Å². The summed E-state index contributed by atoms with van der Waals surface area (Å²) in [7, 11) is 0. The topological polar surface area (TPSA) is 45.2 Å². The van der Waals surface area contributed by atoms with Crippen LogP contribution >= 0.6 is 15.9 Å². The molecule has 0 aliphatic carbocycles. The molecule has 1 saturated heterocycles. The Morgan fingerprint density at radius 1 is 1.32 bits per heavy atom. The summed E-state index contributed by atoms with van der Waals surface area (Å²) in [6.45, 7) is 0.992. The predicted octanol–water partition coefficient (Wildman–Crippen LogP) is 3.17. The van der Waals surface area contributed by atoms with Gasteiger partial charge in [0.2, 0.25) is 0 Å². The van der Waals surface area contributed by atoms with Crippen LogP contribution in [0.4, 0.5) is 0 Å². The number of nitrogens with zero attached hydrogens (tertiary/aromatic N) is 1. The minimum Gasteiger partial charge on any atom is -0.387 e. The number of piperidine rings is 1. The van der Waals surface area contributed by atoms with Crippen LogP contribution < -0.4 is 5.32 Å². The van der Waals surface area contributed by atoms with Gasteiger partial charge in [-0.2, -0.15) is 0 Å². The van der Waals surface area contributed by atoms with Gasteiger partial charge in [-0.05, 0) is 53.0 Å². The van der Waals surface area contributed by atoms with E-state index in [1.54, 1.807) is 0 Å². The van der Waals surface area contributed by atoms with Crippen molar-refractivity contribution in [3.05, 3.63) is 40.5 Å². The Hall–Kier alpha value is -0.970. The van der Waals surface area contributed by atoms with Crippen LogP contribution in [-0.2, 0) is 0 Å². The van der Waals surface area contributed by atoms with Gasteiger partial charge in [0.15, 0.2) is 0 Å². The number of hydrogen-bond acceptors (Lipinski definition) is 3. The first-order valence-electron chi connectivity index (χ1n) is 6.72. The van der Waals surface area contributed by atoms with Crippen molar-refractivity contribution < 1.29 is 5.11 Å². The molecule has 3 rings (SSSR count). The van der Waals surface area contributed by atoms with Gasteiger partial charge in [-0.1, -0.05) is 24.6 Å². The van der Waals surface area contributed by atoms with Gasteiger partial charge < -0.3 is 10.4 Å². The number of hydrogen-bond donors (Lipinski definition) is 2. The second kappa shape index (κ2) is 5.57. The quantitative estimate of drug-likeness (QED) is 0.835. The number of rotatable bonds is 2. The van der Waals surface area contributed by atoms with Gasteiger partial charge in [0.05, 0.1) is 11.6 Å². The number of halogens is 1. The number of benzene rings is 1. The number of aromatic nitrogens is 1. The smallest absolute Gasteiger partial charge is 0.107 e. The zero-order valence-electron chi connectivity index (χ0n) is 10.6. The van der Waals surface area contributed by atoms with E-state index in [0.717, 1.165) is 34.0 Å². The lowest BCUT2D eigenvalue weighted by molar-refractivity contribution is 0.115. The molecule has 1 aliphatic rings. The molecule has 2 atom stereocenters. The Kier molecular flexibility index (Phi) is 3.82. The van der Waals surface area contributed by atoms with Gasteiger partial charge in [0.1, 0.15) is 4.60 Å². The average Bonchev–Trinajstić information content (AvgIpc) is 2.46. The molecule has 1 aromatic carbocycles. The molecule has 2 heterocycles. The Morgan fingerprint density at radius 2 is 2.16 bits per heavy atom. The number of nitrogens with one attached hydrogen (secondary N) is 1. The first kappa shape index (κ1) is 13.0. The fourth-order valence-electron chi connectivity index (χ4n) is 2.78. The van der Waals surface area contributed by atoms with Crippen LogP contribution in [-0.4, -0.2) is 22.7 Å². The van der Waals surface area contributed by atoms with E-state index < -0.39 is 6.10 Å². The van der Waals surface area contributed by atoms with Crippen molar-refractivity contribution in [1.29, 1.82) is 0 Å². The normalized spacial score (nSPS) is 21.5. The summed E-state index contributed by atoms with van der Waals surface area (Å²) in [4.78, 5) is 4.45. The zero-order valence-corrected chi connectivity index (χ0v) is 12.2. The lowest BCUT2D eigenvalue weighted by atomic mass is 9.93. The largest absolute Gasteiger partial charge is 0.387 e. The lowest BCUT2D eigenvalue weighted by Crippen LogP contribution is -2.38. The summed E-state index contributed by atoms with van der Waals surface area (Å²) in [5.41, 5.74) is 1.87. The number of para-hydroxylation sites is 1. The van der Waals surface area contributed by atoms with E-state index >= 15 is 0 Å². The minimum absolute atomic E-state index is 0.145. The molecule has 4 heteroatoms. The number of aliphatic hydroxyl groups excluding tert-OH is 1. The van der Waals surface area contributed by atoms with Gasteiger partial charge in [0, 0.05) is 11.4 Å². The van der Waals surface area contributed by atoms with Gasteiger partial charge in [0.25, 0.3) is 0 Å². The van der Waals surface area contributed by atoms with Gasteiger partial charge in [-0.15, -0.1) is 0 Å². The molecular formula is C15H17BrN2O. The molecule has 0 bridgehead atoms. The second-order valence-corrected chi connectivity index (χ2v) is 5.87. The highest BCUT2D eigenvalue weighted by Gasteiger charge is 2.24. The maximum atomic E-state index is 10.7. The molecule has 1 fully saturated rings. The third-order valence-electron chi connectivity index (χ3n) is 3.77. The SMILES string of the molecule is O[C@H](c1cc(Br)nc2ccccc12)[C@H]1CCCCN1. The maximum Gasteiger partial charge on any atom is 0.107 e. The first-order valence-corrected chi connectivity index (χ1v) is 7.51. The van der Waals surface area contributed by atoms with E-state index in [1.165, 1.54) is 12.8 Å². The Bertz CT molecular complexity index is 581. The highest BCUT2D eigenvalue weighted by Crippen LogP contribution is 2.30. The molecule has 0 unspecified atom stereocenters. The van der Waals surface area contributed by atoms with Crippen molar-refractivity contribution in [2.45, 2.75) is 31.4 Å². The summed E-state index contributed by atoms with van der Waals surface area (Å²) < 4.78 is 0.774. The number of aliphatic hydroxyl groups is 1. The van der Waals surface area contributed by atoms with Crippen molar-refractivity contribution in [2.75, 3.05) is 6.54 Å². The highest BCUT2D eigenvalue weighted by molar-refractivity contribution is 9.10. The van der Waals surface area contributed by atoms with Gasteiger partial charge in [-0.25, -0.2) is 4.98 Å². The fourth-order valence-corrected chi connectivity index (χ4v) is 3.22. The molecule has 3 nitrogen and oxygen atoms in total. The van der Waals surface area contributed by atoms with Crippen molar-refractivity contribution >= 4 is 26.8 Å². The Balaban J connectivity index is 2.03. The molecule has 1 aromatic heterocycles. The van der Waals surface area contributed by atoms with E-state index in [1.807, 2.05) is 30.3 Å². The Morgan fingerprint density at radius 3 is 2.95 bits per heavy atom. The summed E-state index contributed by atoms with van der Waals surface area (Å²) >= 11 is 3.43. The number of fused-ring (bicyclic) bond motifs is 1. The minimum atomic E-state index is -0.482. The van der Waals surface area contributed by atoms with Crippen LogP contribution in [0.1, 0.15) is 30.9 Å². The summed E-state index contributed by atoms with van der Waals surface area (Å²) in [5, 5.41) is 15.1. The molecule has 19 heavy (non-hydrogen) atoms. The molecule has 1 aliphatic heterocycles. The highest BCUT2D eigenvalue weighted by atomic mass is 79.9. The molecule has 2 aromatic rings.